The Morgan fingerprint density at radius 2 is 2.00 bits per heavy atom. The third-order valence-corrected chi connectivity index (χ3v) is 4.96. The lowest BCUT2D eigenvalue weighted by molar-refractivity contribution is 0.104. The molecule has 3 heterocycles. The lowest BCUT2D eigenvalue weighted by atomic mass is 10.1. The number of aryl methyl sites for hydroxylation is 2. The second-order valence-electron chi connectivity index (χ2n) is 5.50. The Hall–Kier alpha value is -2.60. The normalized spacial score (nSPS) is 12.8. The summed E-state index contributed by atoms with van der Waals surface area (Å²) < 4.78 is 10.6. The van der Waals surface area contributed by atoms with Crippen molar-refractivity contribution in [3.05, 3.63) is 46.0 Å². The van der Waals surface area contributed by atoms with E-state index >= 15 is 0 Å². The molecular formula is C17H14N2O3S. The maximum Gasteiger partial charge on any atom is 0.231 e. The highest BCUT2D eigenvalue weighted by atomic mass is 32.1. The predicted octanol–water partition coefficient (Wildman–Crippen LogP) is 3.46. The molecule has 2 aromatic heterocycles. The minimum absolute atomic E-state index is 0.124. The first kappa shape index (κ1) is 14.0. The molecule has 0 aliphatic carbocycles. The number of nitrogens with two attached hydrogens (primary N) is 1. The van der Waals surface area contributed by atoms with Crippen LogP contribution in [0.1, 0.15) is 26.5 Å². The van der Waals surface area contributed by atoms with E-state index in [4.69, 9.17) is 15.2 Å². The minimum Gasteiger partial charge on any atom is -0.454 e. The van der Waals surface area contributed by atoms with Crippen molar-refractivity contribution in [3.8, 4) is 11.5 Å². The topological polar surface area (TPSA) is 74.4 Å². The van der Waals surface area contributed by atoms with Crippen LogP contribution in [0, 0.1) is 13.8 Å². The van der Waals surface area contributed by atoms with Gasteiger partial charge in [-0.3, -0.25) is 4.79 Å². The first-order valence-electron chi connectivity index (χ1n) is 7.15. The maximum absolute atomic E-state index is 12.8. The van der Waals surface area contributed by atoms with Gasteiger partial charge in [-0.05, 0) is 43.7 Å². The molecule has 3 aromatic rings. The van der Waals surface area contributed by atoms with Gasteiger partial charge in [0.05, 0.1) is 5.69 Å². The molecule has 2 N–H and O–H groups in total. The maximum atomic E-state index is 12.8. The lowest BCUT2D eigenvalue weighted by Gasteiger charge is -2.02. The average molecular weight is 326 g/mol. The highest BCUT2D eigenvalue weighted by Gasteiger charge is 2.22. The zero-order valence-corrected chi connectivity index (χ0v) is 13.5. The molecule has 0 amide bonds. The fourth-order valence-electron chi connectivity index (χ4n) is 2.81. The number of carbonyl (C=O) groups is 1. The summed E-state index contributed by atoms with van der Waals surface area (Å²) >= 11 is 1.33. The number of hydrogen-bond donors (Lipinski definition) is 1. The molecule has 4 rings (SSSR count). The number of nitrogen functional groups attached to an aromatic ring is 1. The number of rotatable bonds is 2. The number of anilines is 1. The fourth-order valence-corrected chi connectivity index (χ4v) is 3.99. The molecule has 0 unspecified atom stereocenters. The van der Waals surface area contributed by atoms with Crippen molar-refractivity contribution in [1.29, 1.82) is 0 Å². The largest absolute Gasteiger partial charge is 0.454 e. The summed E-state index contributed by atoms with van der Waals surface area (Å²) in [6, 6.07) is 7.14. The molecule has 0 atom stereocenters. The van der Waals surface area contributed by atoms with E-state index in [-0.39, 0.29) is 12.6 Å². The summed E-state index contributed by atoms with van der Waals surface area (Å²) in [7, 11) is 0. The predicted molar refractivity (Wildman–Crippen MR) is 89.5 cm³/mol. The van der Waals surface area contributed by atoms with Gasteiger partial charge in [0.1, 0.15) is 9.71 Å². The van der Waals surface area contributed by atoms with E-state index < -0.39 is 0 Å². The number of nitrogens with zero attached hydrogens (tertiary/aromatic N) is 1. The van der Waals surface area contributed by atoms with E-state index in [0.29, 0.717) is 27.6 Å². The summed E-state index contributed by atoms with van der Waals surface area (Å²) in [5.74, 6) is 1.11. The standard InChI is InChI=1S/C17H14N2O3S/c1-8-5-9(2)19-17-13(8)14(18)16(23-17)15(20)10-3-4-11-12(6-10)22-7-21-11/h3-6H,7,18H2,1-2H3. The number of carbonyl (C=O) groups excluding carboxylic acids is 1. The van der Waals surface area contributed by atoms with E-state index in [9.17, 15) is 4.79 Å². The van der Waals surface area contributed by atoms with Crippen LogP contribution in [0.25, 0.3) is 10.2 Å². The van der Waals surface area contributed by atoms with Crippen molar-refractivity contribution < 1.29 is 14.3 Å². The van der Waals surface area contributed by atoms with E-state index in [1.807, 2.05) is 19.9 Å². The summed E-state index contributed by atoms with van der Waals surface area (Å²) in [4.78, 5) is 18.6. The quantitative estimate of drug-likeness (QED) is 0.730. The molecule has 1 aliphatic rings. The summed E-state index contributed by atoms with van der Waals surface area (Å²) in [5, 5.41) is 0.865. The smallest absolute Gasteiger partial charge is 0.231 e. The Balaban J connectivity index is 1.84. The van der Waals surface area contributed by atoms with Gasteiger partial charge in [-0.1, -0.05) is 0 Å². The van der Waals surface area contributed by atoms with Gasteiger partial charge in [-0.2, -0.15) is 0 Å². The van der Waals surface area contributed by atoms with Crippen LogP contribution < -0.4 is 15.2 Å². The fraction of sp³-hybridized carbons (Fsp3) is 0.176. The minimum atomic E-state index is -0.124. The Bertz CT molecular complexity index is 962. The first-order chi connectivity index (χ1) is 11.0. The zero-order valence-electron chi connectivity index (χ0n) is 12.7. The highest BCUT2D eigenvalue weighted by molar-refractivity contribution is 7.21. The van der Waals surface area contributed by atoms with Gasteiger partial charge in [-0.15, -0.1) is 11.3 Å². The number of aromatic nitrogens is 1. The molecule has 0 spiro atoms. The third kappa shape index (κ3) is 2.14. The monoisotopic (exact) mass is 326 g/mol. The number of fused-ring (bicyclic) bond motifs is 2. The molecule has 116 valence electrons. The molecule has 1 aromatic carbocycles. The Kier molecular flexibility index (Phi) is 3.02. The Morgan fingerprint density at radius 3 is 2.83 bits per heavy atom. The number of benzene rings is 1. The number of pyridine rings is 1. The van der Waals surface area contributed by atoms with Crippen LogP contribution in [-0.2, 0) is 0 Å². The van der Waals surface area contributed by atoms with Crippen LogP contribution in [0.3, 0.4) is 0 Å². The van der Waals surface area contributed by atoms with Crippen molar-refractivity contribution >= 4 is 33.0 Å². The molecule has 0 radical (unpaired) electrons. The number of hydrogen-bond acceptors (Lipinski definition) is 6. The molecule has 0 fully saturated rings. The van der Waals surface area contributed by atoms with Gasteiger partial charge in [0.25, 0.3) is 0 Å². The van der Waals surface area contributed by atoms with E-state index in [2.05, 4.69) is 4.98 Å². The van der Waals surface area contributed by atoms with Crippen LogP contribution in [0.4, 0.5) is 5.69 Å². The lowest BCUT2D eigenvalue weighted by Crippen LogP contribution is -2.02. The average Bonchev–Trinajstić information content (AvgIpc) is 3.10. The van der Waals surface area contributed by atoms with Gasteiger partial charge in [0.15, 0.2) is 11.5 Å². The summed E-state index contributed by atoms with van der Waals surface area (Å²) in [6.45, 7) is 4.09. The van der Waals surface area contributed by atoms with E-state index in [1.165, 1.54) is 11.3 Å². The van der Waals surface area contributed by atoms with Crippen LogP contribution >= 0.6 is 11.3 Å². The molecule has 5 nitrogen and oxygen atoms in total. The van der Waals surface area contributed by atoms with Gasteiger partial charge in [-0.25, -0.2) is 4.98 Å². The molecule has 0 saturated heterocycles. The number of thiophene rings is 1. The SMILES string of the molecule is Cc1cc(C)c2c(N)c(C(=O)c3ccc4c(c3)OCO4)sc2n1. The van der Waals surface area contributed by atoms with Gasteiger partial charge >= 0.3 is 0 Å². The van der Waals surface area contributed by atoms with E-state index in [0.717, 1.165) is 21.5 Å². The Morgan fingerprint density at radius 1 is 1.22 bits per heavy atom. The highest BCUT2D eigenvalue weighted by Crippen LogP contribution is 2.38. The van der Waals surface area contributed by atoms with Crippen molar-refractivity contribution in [2.24, 2.45) is 0 Å². The molecule has 1 aliphatic heterocycles. The van der Waals surface area contributed by atoms with E-state index in [1.54, 1.807) is 18.2 Å². The van der Waals surface area contributed by atoms with Crippen LogP contribution in [0.2, 0.25) is 0 Å². The van der Waals surface area contributed by atoms with Gasteiger partial charge < -0.3 is 15.2 Å². The summed E-state index contributed by atoms with van der Waals surface area (Å²) in [6.07, 6.45) is 0. The van der Waals surface area contributed by atoms with Crippen molar-refractivity contribution in [3.63, 3.8) is 0 Å². The van der Waals surface area contributed by atoms with Gasteiger partial charge in [0, 0.05) is 16.6 Å². The molecule has 6 heteroatoms. The van der Waals surface area contributed by atoms with Crippen molar-refractivity contribution in [2.45, 2.75) is 13.8 Å². The number of ketones is 1. The zero-order chi connectivity index (χ0) is 16.1. The van der Waals surface area contributed by atoms with Crippen LogP contribution in [-0.4, -0.2) is 17.6 Å². The summed E-state index contributed by atoms with van der Waals surface area (Å²) in [5.41, 5.74) is 9.21. The van der Waals surface area contributed by atoms with Crippen LogP contribution in [0.15, 0.2) is 24.3 Å². The second kappa shape index (κ2) is 4.96. The molecular weight excluding hydrogens is 312 g/mol. The van der Waals surface area contributed by atoms with Crippen molar-refractivity contribution in [2.75, 3.05) is 12.5 Å². The van der Waals surface area contributed by atoms with Crippen LogP contribution in [0.5, 0.6) is 11.5 Å². The Labute approximate surface area is 136 Å². The molecule has 23 heavy (non-hydrogen) atoms. The van der Waals surface area contributed by atoms with Gasteiger partial charge in [0.2, 0.25) is 12.6 Å². The molecule has 0 saturated carbocycles. The first-order valence-corrected chi connectivity index (χ1v) is 7.97. The second-order valence-corrected chi connectivity index (χ2v) is 6.50. The third-order valence-electron chi connectivity index (χ3n) is 3.87. The number of ether oxygens (including phenoxy) is 2. The molecule has 0 bridgehead atoms. The van der Waals surface area contributed by atoms with Crippen molar-refractivity contribution in [1.82, 2.24) is 4.98 Å².